The fraction of sp³-hybridized carbons (Fsp3) is 0.467. The van der Waals surface area contributed by atoms with E-state index in [4.69, 9.17) is 4.74 Å². The van der Waals surface area contributed by atoms with Gasteiger partial charge in [-0.15, -0.1) is 0 Å². The minimum Gasteiger partial charge on any atom is -0.445 e. The van der Waals surface area contributed by atoms with Crippen LogP contribution in [0.3, 0.4) is 0 Å². The van der Waals surface area contributed by atoms with Gasteiger partial charge in [0.2, 0.25) is 5.91 Å². The summed E-state index contributed by atoms with van der Waals surface area (Å²) in [6, 6.07) is 5.77. The average molecular weight is 336 g/mol. The van der Waals surface area contributed by atoms with Crippen molar-refractivity contribution in [2.75, 3.05) is 31.5 Å². The second kappa shape index (κ2) is 8.37. The molecule has 24 heavy (non-hydrogen) atoms. The molecule has 1 amide bonds. The summed E-state index contributed by atoms with van der Waals surface area (Å²) in [5, 5.41) is 16.4. The second-order valence-electron chi connectivity index (χ2n) is 5.38. The van der Waals surface area contributed by atoms with E-state index in [9.17, 15) is 19.7 Å². The van der Waals surface area contributed by atoms with Crippen LogP contribution in [0.5, 0.6) is 0 Å². The number of hydrogen-bond acceptors (Lipinski definition) is 7. The molecule has 0 spiro atoms. The first-order valence-electron chi connectivity index (χ1n) is 7.67. The number of nitro benzene ring substituents is 1. The summed E-state index contributed by atoms with van der Waals surface area (Å²) in [5.74, 6) is -0.576. The van der Waals surface area contributed by atoms with E-state index in [2.05, 4.69) is 10.6 Å². The molecule has 2 rings (SSSR count). The lowest BCUT2D eigenvalue weighted by molar-refractivity contribution is -0.384. The first-order chi connectivity index (χ1) is 11.5. The average Bonchev–Trinajstić information content (AvgIpc) is 2.55. The summed E-state index contributed by atoms with van der Waals surface area (Å²) >= 11 is 0. The van der Waals surface area contributed by atoms with Crippen molar-refractivity contribution in [1.82, 2.24) is 10.2 Å². The second-order valence-corrected chi connectivity index (χ2v) is 5.38. The van der Waals surface area contributed by atoms with Crippen LogP contribution in [-0.2, 0) is 14.3 Å². The van der Waals surface area contributed by atoms with Gasteiger partial charge in [0.25, 0.3) is 5.69 Å². The molecular formula is C15H20N4O5. The number of rotatable bonds is 6. The van der Waals surface area contributed by atoms with Crippen LogP contribution in [0, 0.1) is 10.1 Å². The van der Waals surface area contributed by atoms with E-state index in [-0.39, 0.29) is 24.1 Å². The summed E-state index contributed by atoms with van der Waals surface area (Å²) in [5.41, 5.74) is 0.291. The van der Waals surface area contributed by atoms with Crippen LogP contribution in [-0.4, -0.2) is 54.1 Å². The van der Waals surface area contributed by atoms with Gasteiger partial charge in [-0.2, -0.15) is 0 Å². The van der Waals surface area contributed by atoms with E-state index in [0.717, 1.165) is 0 Å². The number of carbonyl (C=O) groups excluding carboxylic acids is 2. The van der Waals surface area contributed by atoms with Crippen molar-refractivity contribution in [3.8, 4) is 0 Å². The molecule has 0 bridgehead atoms. The van der Waals surface area contributed by atoms with Crippen molar-refractivity contribution in [2.45, 2.75) is 19.6 Å². The molecule has 1 aromatic rings. The van der Waals surface area contributed by atoms with Crippen LogP contribution in [0.2, 0.25) is 0 Å². The Morgan fingerprint density at radius 1 is 1.50 bits per heavy atom. The number of nitrogens with one attached hydrogen (secondary N) is 2. The lowest BCUT2D eigenvalue weighted by Gasteiger charge is -2.32. The normalized spacial score (nSPS) is 18.0. The van der Waals surface area contributed by atoms with Gasteiger partial charge in [0.05, 0.1) is 11.5 Å². The van der Waals surface area contributed by atoms with Gasteiger partial charge in [0.15, 0.2) is 6.23 Å². The molecule has 9 nitrogen and oxygen atoms in total. The topological polar surface area (TPSA) is 114 Å². The Morgan fingerprint density at radius 2 is 2.29 bits per heavy atom. The minimum atomic E-state index is -0.515. The van der Waals surface area contributed by atoms with E-state index >= 15 is 0 Å². The van der Waals surface area contributed by atoms with Crippen molar-refractivity contribution in [1.29, 1.82) is 0 Å². The Hall–Kier alpha value is -2.52. The highest BCUT2D eigenvalue weighted by Gasteiger charge is 2.23. The summed E-state index contributed by atoms with van der Waals surface area (Å²) in [6.45, 7) is 3.49. The number of amides is 1. The Balaban J connectivity index is 1.86. The van der Waals surface area contributed by atoms with E-state index in [1.807, 2.05) is 4.90 Å². The molecule has 1 unspecified atom stereocenters. The third-order valence-electron chi connectivity index (χ3n) is 3.49. The zero-order valence-electron chi connectivity index (χ0n) is 13.4. The molecular weight excluding hydrogens is 316 g/mol. The number of nitrogens with zero attached hydrogens (tertiary/aromatic N) is 2. The van der Waals surface area contributed by atoms with Crippen LogP contribution in [0.25, 0.3) is 0 Å². The lowest BCUT2D eigenvalue weighted by atomic mass is 10.2. The molecule has 1 aliphatic heterocycles. The van der Waals surface area contributed by atoms with Gasteiger partial charge in [0, 0.05) is 43.9 Å². The van der Waals surface area contributed by atoms with Crippen molar-refractivity contribution < 1.29 is 19.2 Å². The van der Waals surface area contributed by atoms with Gasteiger partial charge in [-0.25, -0.2) is 0 Å². The number of ether oxygens (including phenoxy) is 1. The van der Waals surface area contributed by atoms with Crippen LogP contribution in [0.15, 0.2) is 24.3 Å². The van der Waals surface area contributed by atoms with E-state index < -0.39 is 11.2 Å². The van der Waals surface area contributed by atoms with Crippen molar-refractivity contribution >= 4 is 23.3 Å². The molecule has 1 aromatic carbocycles. The monoisotopic (exact) mass is 336 g/mol. The number of hydrogen-bond donors (Lipinski definition) is 2. The molecule has 130 valence electrons. The van der Waals surface area contributed by atoms with E-state index in [1.165, 1.54) is 18.2 Å². The Kier molecular flexibility index (Phi) is 6.21. The number of anilines is 1. The number of carbonyl (C=O) groups is 2. The largest absolute Gasteiger partial charge is 0.445 e. The third-order valence-corrected chi connectivity index (χ3v) is 3.49. The zero-order valence-corrected chi connectivity index (χ0v) is 13.4. The highest BCUT2D eigenvalue weighted by molar-refractivity contribution is 5.92. The quantitative estimate of drug-likeness (QED) is 0.447. The van der Waals surface area contributed by atoms with E-state index in [0.29, 0.717) is 31.7 Å². The smallest absolute Gasteiger partial charge is 0.307 e. The van der Waals surface area contributed by atoms with Crippen LogP contribution >= 0.6 is 0 Å². The number of benzene rings is 1. The fourth-order valence-corrected chi connectivity index (χ4v) is 2.34. The highest BCUT2D eigenvalue weighted by Crippen LogP contribution is 2.17. The highest BCUT2D eigenvalue weighted by atomic mass is 16.6. The summed E-state index contributed by atoms with van der Waals surface area (Å²) in [6.07, 6.45) is -0.136. The maximum atomic E-state index is 12.1. The Morgan fingerprint density at radius 3 is 3.00 bits per heavy atom. The van der Waals surface area contributed by atoms with Crippen molar-refractivity contribution in [2.24, 2.45) is 0 Å². The van der Waals surface area contributed by atoms with Gasteiger partial charge in [-0.1, -0.05) is 13.0 Å². The van der Waals surface area contributed by atoms with Gasteiger partial charge in [0.1, 0.15) is 0 Å². The maximum absolute atomic E-state index is 12.1. The molecule has 0 saturated carbocycles. The minimum absolute atomic E-state index is 0.0819. The predicted molar refractivity (Wildman–Crippen MR) is 86.3 cm³/mol. The molecule has 0 aliphatic carbocycles. The summed E-state index contributed by atoms with van der Waals surface area (Å²) < 4.78 is 5.21. The molecule has 1 aliphatic rings. The molecule has 2 N–H and O–H groups in total. The van der Waals surface area contributed by atoms with Crippen LogP contribution < -0.4 is 10.6 Å². The van der Waals surface area contributed by atoms with E-state index in [1.54, 1.807) is 13.0 Å². The maximum Gasteiger partial charge on any atom is 0.307 e. The lowest BCUT2D eigenvalue weighted by Crippen LogP contribution is -2.53. The van der Waals surface area contributed by atoms with Gasteiger partial charge >= 0.3 is 5.97 Å². The van der Waals surface area contributed by atoms with Crippen molar-refractivity contribution in [3.05, 3.63) is 34.4 Å². The SMILES string of the molecule is CCC(=O)OC1CN(CC(=O)Nc2cccc([N+](=O)[O-])c2)CCN1. The molecule has 1 saturated heterocycles. The van der Waals surface area contributed by atoms with Crippen LogP contribution in [0.1, 0.15) is 13.3 Å². The van der Waals surface area contributed by atoms with Gasteiger partial charge in [-0.3, -0.25) is 29.9 Å². The standard InChI is InChI=1S/C15H20N4O5/c1-2-15(21)24-14-10-18(7-6-16-14)9-13(20)17-11-4-3-5-12(8-11)19(22)23/h3-5,8,14,16H,2,6-7,9-10H2,1H3,(H,17,20). The number of esters is 1. The number of nitro groups is 1. The molecule has 1 fully saturated rings. The molecule has 0 aromatic heterocycles. The first-order valence-corrected chi connectivity index (χ1v) is 7.67. The molecule has 0 radical (unpaired) electrons. The Bertz CT molecular complexity index is 622. The third kappa shape index (κ3) is 5.28. The zero-order chi connectivity index (χ0) is 17.5. The number of piperazine rings is 1. The number of non-ortho nitro benzene ring substituents is 1. The predicted octanol–water partition coefficient (Wildman–Crippen LogP) is 0.718. The summed E-state index contributed by atoms with van der Waals surface area (Å²) in [4.78, 5) is 35.5. The summed E-state index contributed by atoms with van der Waals surface area (Å²) in [7, 11) is 0. The fourth-order valence-electron chi connectivity index (χ4n) is 2.34. The van der Waals surface area contributed by atoms with Crippen LogP contribution in [0.4, 0.5) is 11.4 Å². The van der Waals surface area contributed by atoms with Gasteiger partial charge < -0.3 is 10.1 Å². The molecule has 1 atom stereocenters. The van der Waals surface area contributed by atoms with Crippen molar-refractivity contribution in [3.63, 3.8) is 0 Å². The van der Waals surface area contributed by atoms with Gasteiger partial charge in [-0.05, 0) is 6.07 Å². The molecule has 9 heteroatoms. The first kappa shape index (κ1) is 17.8. The Labute approximate surface area is 139 Å². The molecule has 1 heterocycles.